The molecule has 0 amide bonds. The minimum Gasteiger partial charge on any atom is -0.375 e. The lowest BCUT2D eigenvalue weighted by Gasteiger charge is -2.25. The average molecular weight is 193 g/mol. The van der Waals surface area contributed by atoms with Crippen molar-refractivity contribution >= 4 is 0 Å². The van der Waals surface area contributed by atoms with Gasteiger partial charge in [0.1, 0.15) is 6.26 Å². The Kier molecular flexibility index (Phi) is 3.19. The Morgan fingerprint density at radius 1 is 1.50 bits per heavy atom. The molecule has 0 saturated carbocycles. The van der Waals surface area contributed by atoms with Gasteiger partial charge in [0, 0.05) is 38.7 Å². The lowest BCUT2D eigenvalue weighted by molar-refractivity contribution is 0.323. The predicted molar refractivity (Wildman–Crippen MR) is 53.8 cm³/mol. The number of nitrogens with zero attached hydrogens (tertiary/aromatic N) is 2. The van der Waals surface area contributed by atoms with Crippen molar-refractivity contribution in [1.82, 2.24) is 15.4 Å². The molecule has 1 aliphatic heterocycles. The van der Waals surface area contributed by atoms with Gasteiger partial charge in [-0.15, -0.1) is 0 Å². The highest BCUT2D eigenvalue weighted by molar-refractivity contribution is 5.02. The summed E-state index contributed by atoms with van der Waals surface area (Å²) in [6, 6.07) is 1.89. The number of nitrogens with one attached hydrogen (secondary N) is 1. The summed E-state index contributed by atoms with van der Waals surface area (Å²) in [5.74, 6) is 0. The molecule has 4 nitrogen and oxygen atoms in total. The van der Waals surface area contributed by atoms with E-state index in [9.17, 15) is 0 Å². The van der Waals surface area contributed by atoms with Gasteiger partial charge in [-0.1, -0.05) is 11.2 Å². The molecule has 0 aromatic carbocycles. The SMILES string of the molecule is C(=CN1CCNCC1)Cc1ccon1. The average Bonchev–Trinajstić information content (AvgIpc) is 2.72. The van der Waals surface area contributed by atoms with Gasteiger partial charge in [-0.05, 0) is 6.20 Å². The van der Waals surface area contributed by atoms with Gasteiger partial charge in [-0.2, -0.15) is 0 Å². The summed E-state index contributed by atoms with van der Waals surface area (Å²) in [5, 5.41) is 7.16. The standard InChI is InChI=1S/C10H15N3O/c1(2-10-3-9-14-12-10)6-13-7-4-11-5-8-13/h1,3,6,9,11H,2,4-5,7-8H2. The van der Waals surface area contributed by atoms with Crippen LogP contribution in [0.15, 0.2) is 29.1 Å². The quantitative estimate of drug-likeness (QED) is 0.764. The van der Waals surface area contributed by atoms with E-state index in [1.54, 1.807) is 6.26 Å². The van der Waals surface area contributed by atoms with E-state index < -0.39 is 0 Å². The Bertz CT molecular complexity index is 276. The van der Waals surface area contributed by atoms with Crippen molar-refractivity contribution in [3.05, 3.63) is 30.3 Å². The lowest BCUT2D eigenvalue weighted by atomic mass is 10.3. The number of allylic oxidation sites excluding steroid dienone is 1. The zero-order valence-corrected chi connectivity index (χ0v) is 8.15. The van der Waals surface area contributed by atoms with Crippen molar-refractivity contribution in [3.8, 4) is 0 Å². The van der Waals surface area contributed by atoms with Gasteiger partial charge in [0.05, 0.1) is 5.69 Å². The lowest BCUT2D eigenvalue weighted by Crippen LogP contribution is -2.40. The van der Waals surface area contributed by atoms with Crippen LogP contribution in [0.5, 0.6) is 0 Å². The molecule has 2 rings (SSSR count). The fourth-order valence-electron chi connectivity index (χ4n) is 1.50. The third-order valence-corrected chi connectivity index (χ3v) is 2.29. The molecular formula is C10H15N3O. The summed E-state index contributed by atoms with van der Waals surface area (Å²) >= 11 is 0. The van der Waals surface area contributed by atoms with Gasteiger partial charge in [-0.3, -0.25) is 0 Å². The second-order valence-electron chi connectivity index (χ2n) is 3.37. The van der Waals surface area contributed by atoms with Crippen LogP contribution in [0.1, 0.15) is 5.69 Å². The number of hydrogen-bond donors (Lipinski definition) is 1. The molecule has 0 atom stereocenters. The van der Waals surface area contributed by atoms with Crippen LogP contribution < -0.4 is 5.32 Å². The van der Waals surface area contributed by atoms with Crippen molar-refractivity contribution < 1.29 is 4.52 Å². The molecule has 0 radical (unpaired) electrons. The Morgan fingerprint density at radius 3 is 3.07 bits per heavy atom. The first kappa shape index (κ1) is 9.27. The molecule has 1 aromatic rings. The summed E-state index contributed by atoms with van der Waals surface area (Å²) in [6.45, 7) is 4.34. The van der Waals surface area contributed by atoms with Crippen LogP contribution in [-0.2, 0) is 6.42 Å². The Hall–Kier alpha value is -1.29. The van der Waals surface area contributed by atoms with Crippen LogP contribution in [0.2, 0.25) is 0 Å². The number of piperazine rings is 1. The van der Waals surface area contributed by atoms with E-state index in [1.165, 1.54) is 0 Å². The summed E-state index contributed by atoms with van der Waals surface area (Å²) in [4.78, 5) is 2.32. The first-order valence-electron chi connectivity index (χ1n) is 4.96. The zero-order valence-electron chi connectivity index (χ0n) is 8.15. The van der Waals surface area contributed by atoms with E-state index in [4.69, 9.17) is 4.52 Å². The number of rotatable bonds is 3. The molecule has 2 heterocycles. The molecule has 0 spiro atoms. The molecule has 14 heavy (non-hydrogen) atoms. The molecule has 1 fully saturated rings. The van der Waals surface area contributed by atoms with Crippen molar-refractivity contribution in [3.63, 3.8) is 0 Å². The number of hydrogen-bond acceptors (Lipinski definition) is 4. The predicted octanol–water partition coefficient (Wildman–Crippen LogP) is 0.636. The largest absolute Gasteiger partial charge is 0.375 e. The third-order valence-electron chi connectivity index (χ3n) is 2.29. The van der Waals surface area contributed by atoms with E-state index in [0.29, 0.717) is 0 Å². The highest BCUT2D eigenvalue weighted by Crippen LogP contribution is 1.98. The summed E-state index contributed by atoms with van der Waals surface area (Å²) in [5.41, 5.74) is 0.983. The maximum atomic E-state index is 4.75. The first-order chi connectivity index (χ1) is 6.95. The maximum Gasteiger partial charge on any atom is 0.124 e. The second kappa shape index (κ2) is 4.81. The molecule has 1 aromatic heterocycles. The van der Waals surface area contributed by atoms with Crippen molar-refractivity contribution in [2.24, 2.45) is 0 Å². The topological polar surface area (TPSA) is 41.3 Å². The van der Waals surface area contributed by atoms with E-state index in [0.717, 1.165) is 38.3 Å². The van der Waals surface area contributed by atoms with Gasteiger partial charge in [0.25, 0.3) is 0 Å². The van der Waals surface area contributed by atoms with E-state index >= 15 is 0 Å². The van der Waals surface area contributed by atoms with Gasteiger partial charge in [0.2, 0.25) is 0 Å². The Labute approximate surface area is 83.6 Å². The molecule has 4 heteroatoms. The van der Waals surface area contributed by atoms with Crippen molar-refractivity contribution in [1.29, 1.82) is 0 Å². The normalized spacial score (nSPS) is 17.9. The summed E-state index contributed by atoms with van der Waals surface area (Å²) in [6.07, 6.45) is 6.73. The summed E-state index contributed by atoms with van der Waals surface area (Å²) in [7, 11) is 0. The van der Waals surface area contributed by atoms with Crippen LogP contribution >= 0.6 is 0 Å². The molecular weight excluding hydrogens is 178 g/mol. The Morgan fingerprint density at radius 2 is 2.36 bits per heavy atom. The second-order valence-corrected chi connectivity index (χ2v) is 3.37. The van der Waals surface area contributed by atoms with Gasteiger partial charge in [-0.25, -0.2) is 0 Å². The van der Waals surface area contributed by atoms with Crippen molar-refractivity contribution in [2.75, 3.05) is 26.2 Å². The Balaban J connectivity index is 1.76. The van der Waals surface area contributed by atoms with Crippen LogP contribution in [0.25, 0.3) is 0 Å². The van der Waals surface area contributed by atoms with Crippen LogP contribution in [0, 0.1) is 0 Å². The minimum absolute atomic E-state index is 0.848. The van der Waals surface area contributed by atoms with Crippen LogP contribution in [0.4, 0.5) is 0 Å². The van der Waals surface area contributed by atoms with Crippen LogP contribution in [0.3, 0.4) is 0 Å². The monoisotopic (exact) mass is 193 g/mol. The minimum atomic E-state index is 0.848. The highest BCUT2D eigenvalue weighted by atomic mass is 16.5. The molecule has 0 bridgehead atoms. The maximum absolute atomic E-state index is 4.75. The molecule has 1 saturated heterocycles. The third kappa shape index (κ3) is 2.60. The van der Waals surface area contributed by atoms with E-state index in [2.05, 4.69) is 27.6 Å². The molecule has 1 aliphatic rings. The smallest absolute Gasteiger partial charge is 0.124 e. The summed E-state index contributed by atoms with van der Waals surface area (Å²) < 4.78 is 4.75. The fourth-order valence-corrected chi connectivity index (χ4v) is 1.50. The molecule has 1 N–H and O–H groups in total. The van der Waals surface area contributed by atoms with E-state index in [-0.39, 0.29) is 0 Å². The highest BCUT2D eigenvalue weighted by Gasteiger charge is 2.03. The van der Waals surface area contributed by atoms with Gasteiger partial charge >= 0.3 is 0 Å². The van der Waals surface area contributed by atoms with Crippen molar-refractivity contribution in [2.45, 2.75) is 6.42 Å². The molecule has 0 unspecified atom stereocenters. The first-order valence-corrected chi connectivity index (χ1v) is 4.96. The van der Waals surface area contributed by atoms with Gasteiger partial charge in [0.15, 0.2) is 0 Å². The zero-order chi connectivity index (χ0) is 9.64. The fraction of sp³-hybridized carbons (Fsp3) is 0.500. The van der Waals surface area contributed by atoms with E-state index in [1.807, 2.05) is 6.07 Å². The molecule has 76 valence electrons. The van der Waals surface area contributed by atoms with Gasteiger partial charge < -0.3 is 14.7 Å². The number of aromatic nitrogens is 1. The molecule has 0 aliphatic carbocycles. The van der Waals surface area contributed by atoms with Crippen LogP contribution in [-0.4, -0.2) is 36.2 Å².